The molecule has 0 unspecified atom stereocenters. The fraction of sp³-hybridized carbons (Fsp3) is 0.556. The zero-order valence-corrected chi connectivity index (χ0v) is 9.06. The Morgan fingerprint density at radius 2 is 2.43 bits per heavy atom. The molecule has 0 bridgehead atoms. The first-order valence-electron chi connectivity index (χ1n) is 4.78. The zero-order valence-electron chi connectivity index (χ0n) is 8.25. The van der Waals surface area contributed by atoms with Gasteiger partial charge in [0.05, 0.1) is 0 Å². The maximum atomic E-state index is 11.2. The highest BCUT2D eigenvalue weighted by molar-refractivity contribution is 7.10. The van der Waals surface area contributed by atoms with Crippen molar-refractivity contribution in [3.8, 4) is 0 Å². The topological polar surface area (TPSA) is 54.0 Å². The van der Waals surface area contributed by atoms with Crippen LogP contribution in [0.15, 0.2) is 12.3 Å². The highest BCUT2D eigenvalue weighted by Gasteiger charge is 2.00. The van der Waals surface area contributed by atoms with Crippen LogP contribution in [0, 0.1) is 0 Å². The summed E-state index contributed by atoms with van der Waals surface area (Å²) in [5.41, 5.74) is 0. The van der Waals surface area contributed by atoms with Gasteiger partial charge in [0.1, 0.15) is 5.00 Å². The third-order valence-corrected chi connectivity index (χ3v) is 2.40. The fourth-order valence-electron chi connectivity index (χ4n) is 1.01. The van der Waals surface area contributed by atoms with E-state index in [4.69, 9.17) is 0 Å². The number of aromatic nitrogens is 1. The van der Waals surface area contributed by atoms with Gasteiger partial charge in [-0.05, 0) is 24.0 Å². The van der Waals surface area contributed by atoms with Crippen molar-refractivity contribution in [2.75, 3.05) is 11.9 Å². The number of hydrogen-bond acceptors (Lipinski definition) is 3. The van der Waals surface area contributed by atoms with E-state index >= 15 is 0 Å². The van der Waals surface area contributed by atoms with Crippen LogP contribution in [0.25, 0.3) is 0 Å². The number of nitrogens with one attached hydrogen (secondary N) is 2. The van der Waals surface area contributed by atoms with Crippen molar-refractivity contribution in [1.82, 2.24) is 9.69 Å². The van der Waals surface area contributed by atoms with Gasteiger partial charge in [-0.25, -0.2) is 4.79 Å². The fourth-order valence-corrected chi connectivity index (χ4v) is 1.51. The smallest absolute Gasteiger partial charge is 0.319 e. The number of anilines is 1. The summed E-state index contributed by atoms with van der Waals surface area (Å²) in [4.78, 5) is 11.2. The van der Waals surface area contributed by atoms with Crippen molar-refractivity contribution in [3.05, 3.63) is 12.3 Å². The largest absolute Gasteiger partial charge is 0.338 e. The van der Waals surface area contributed by atoms with Crippen LogP contribution in [0.5, 0.6) is 0 Å². The maximum Gasteiger partial charge on any atom is 0.319 e. The van der Waals surface area contributed by atoms with Gasteiger partial charge in [-0.3, -0.25) is 5.32 Å². The number of carbonyl (C=O) groups is 1. The van der Waals surface area contributed by atoms with Gasteiger partial charge in [-0.15, -0.1) is 0 Å². The quantitative estimate of drug-likeness (QED) is 0.738. The molecule has 1 heterocycles. The van der Waals surface area contributed by atoms with Crippen molar-refractivity contribution in [2.24, 2.45) is 0 Å². The molecule has 0 spiro atoms. The van der Waals surface area contributed by atoms with E-state index in [9.17, 15) is 4.79 Å². The Morgan fingerprint density at radius 1 is 1.57 bits per heavy atom. The molecule has 2 N–H and O–H groups in total. The first-order valence-corrected chi connectivity index (χ1v) is 5.56. The molecule has 2 amide bonds. The summed E-state index contributed by atoms with van der Waals surface area (Å²) in [6, 6.07) is 1.63. The van der Waals surface area contributed by atoms with Crippen molar-refractivity contribution in [2.45, 2.75) is 26.2 Å². The van der Waals surface area contributed by atoms with E-state index in [2.05, 4.69) is 21.9 Å². The van der Waals surface area contributed by atoms with E-state index in [0.717, 1.165) is 30.8 Å². The molecule has 1 aromatic heterocycles. The third-order valence-electron chi connectivity index (χ3n) is 1.74. The van der Waals surface area contributed by atoms with Crippen LogP contribution in [0.2, 0.25) is 0 Å². The zero-order chi connectivity index (χ0) is 10.2. The van der Waals surface area contributed by atoms with Crippen molar-refractivity contribution in [1.29, 1.82) is 0 Å². The molecular weight excluding hydrogens is 198 g/mol. The number of carbonyl (C=O) groups excluding carboxylic acids is 1. The molecule has 1 aromatic rings. The van der Waals surface area contributed by atoms with Gasteiger partial charge >= 0.3 is 6.03 Å². The lowest BCUT2D eigenvalue weighted by molar-refractivity contribution is 0.252. The predicted octanol–water partition coefficient (Wildman–Crippen LogP) is 2.45. The molecule has 0 aliphatic rings. The molecule has 0 radical (unpaired) electrons. The number of rotatable bonds is 5. The molecule has 78 valence electrons. The predicted molar refractivity (Wildman–Crippen MR) is 58.7 cm³/mol. The highest BCUT2D eigenvalue weighted by atomic mass is 32.1. The van der Waals surface area contributed by atoms with Crippen LogP contribution < -0.4 is 10.6 Å². The molecule has 1 rings (SSSR count). The molecule has 0 atom stereocenters. The first kappa shape index (κ1) is 11.0. The maximum absolute atomic E-state index is 11.2. The Balaban J connectivity index is 2.11. The number of unbranched alkanes of at least 4 members (excludes halogenated alkanes) is 2. The van der Waals surface area contributed by atoms with Crippen LogP contribution in [-0.4, -0.2) is 16.9 Å². The van der Waals surface area contributed by atoms with Gasteiger partial charge in [0.15, 0.2) is 0 Å². The van der Waals surface area contributed by atoms with Crippen LogP contribution in [-0.2, 0) is 0 Å². The SMILES string of the molecule is CCCCCNC(=O)Nc1ccns1. The second-order valence-electron chi connectivity index (χ2n) is 2.96. The van der Waals surface area contributed by atoms with Gasteiger partial charge in [0.2, 0.25) is 0 Å². The molecule has 0 saturated heterocycles. The Bertz CT molecular complexity index is 261. The Kier molecular flexibility index (Phi) is 4.99. The standard InChI is InChI=1S/C9H15N3OS/c1-2-3-4-6-10-9(13)12-8-5-7-11-14-8/h5,7H,2-4,6H2,1H3,(H2,10,12,13). The summed E-state index contributed by atoms with van der Waals surface area (Å²) in [7, 11) is 0. The van der Waals surface area contributed by atoms with E-state index < -0.39 is 0 Å². The van der Waals surface area contributed by atoms with Crippen LogP contribution in [0.4, 0.5) is 9.80 Å². The number of urea groups is 1. The molecule has 0 aliphatic carbocycles. The average molecular weight is 213 g/mol. The lowest BCUT2D eigenvalue weighted by atomic mass is 10.2. The molecule has 0 fully saturated rings. The minimum absolute atomic E-state index is 0.148. The molecular formula is C9H15N3OS. The normalized spacial score (nSPS) is 9.79. The monoisotopic (exact) mass is 213 g/mol. The second kappa shape index (κ2) is 6.37. The van der Waals surface area contributed by atoms with Crippen LogP contribution >= 0.6 is 11.5 Å². The van der Waals surface area contributed by atoms with Crippen molar-refractivity contribution >= 4 is 22.6 Å². The minimum Gasteiger partial charge on any atom is -0.338 e. The Labute approximate surface area is 87.9 Å². The van der Waals surface area contributed by atoms with E-state index in [-0.39, 0.29) is 6.03 Å². The third kappa shape index (κ3) is 4.23. The molecule has 0 saturated carbocycles. The van der Waals surface area contributed by atoms with Crippen molar-refractivity contribution < 1.29 is 4.79 Å². The van der Waals surface area contributed by atoms with E-state index in [1.165, 1.54) is 11.5 Å². The summed E-state index contributed by atoms with van der Waals surface area (Å²) in [6.07, 6.45) is 5.02. The lowest BCUT2D eigenvalue weighted by Gasteiger charge is -2.04. The second-order valence-corrected chi connectivity index (χ2v) is 3.80. The molecule has 14 heavy (non-hydrogen) atoms. The average Bonchev–Trinajstić information content (AvgIpc) is 2.65. The van der Waals surface area contributed by atoms with Crippen LogP contribution in [0.1, 0.15) is 26.2 Å². The molecule has 0 aliphatic heterocycles. The molecule has 4 nitrogen and oxygen atoms in total. The Hall–Kier alpha value is -1.10. The lowest BCUT2D eigenvalue weighted by Crippen LogP contribution is -2.29. The summed E-state index contributed by atoms with van der Waals surface area (Å²) in [6.45, 7) is 2.87. The van der Waals surface area contributed by atoms with Gasteiger partial charge in [0, 0.05) is 12.7 Å². The summed E-state index contributed by atoms with van der Waals surface area (Å²) in [5.74, 6) is 0. The first-order chi connectivity index (χ1) is 6.83. The number of nitrogens with zero attached hydrogens (tertiary/aromatic N) is 1. The molecule has 0 aromatic carbocycles. The van der Waals surface area contributed by atoms with Gasteiger partial charge in [-0.1, -0.05) is 19.8 Å². The minimum atomic E-state index is -0.148. The van der Waals surface area contributed by atoms with E-state index in [1.54, 1.807) is 12.3 Å². The Morgan fingerprint density at radius 3 is 3.07 bits per heavy atom. The van der Waals surface area contributed by atoms with Gasteiger partial charge < -0.3 is 5.32 Å². The number of amides is 2. The van der Waals surface area contributed by atoms with E-state index in [0.29, 0.717) is 0 Å². The summed E-state index contributed by atoms with van der Waals surface area (Å²) >= 11 is 1.27. The highest BCUT2D eigenvalue weighted by Crippen LogP contribution is 2.10. The van der Waals surface area contributed by atoms with Crippen LogP contribution in [0.3, 0.4) is 0 Å². The number of hydrogen-bond donors (Lipinski definition) is 2. The van der Waals surface area contributed by atoms with Crippen molar-refractivity contribution in [3.63, 3.8) is 0 Å². The van der Waals surface area contributed by atoms with E-state index in [1.807, 2.05) is 0 Å². The van der Waals surface area contributed by atoms with Gasteiger partial charge in [0.25, 0.3) is 0 Å². The summed E-state index contributed by atoms with van der Waals surface area (Å²) < 4.78 is 3.88. The molecule has 5 heteroatoms. The summed E-state index contributed by atoms with van der Waals surface area (Å²) in [5, 5.41) is 6.27. The van der Waals surface area contributed by atoms with Gasteiger partial charge in [-0.2, -0.15) is 4.37 Å².